The van der Waals surface area contributed by atoms with Crippen LogP contribution in [0.4, 0.5) is 11.4 Å². The molecule has 0 aliphatic carbocycles. The van der Waals surface area contributed by atoms with Crippen molar-refractivity contribution in [3.8, 4) is 17.2 Å². The Hall–Kier alpha value is -5.08. The summed E-state index contributed by atoms with van der Waals surface area (Å²) in [4.78, 5) is 68.3. The van der Waals surface area contributed by atoms with E-state index < -0.39 is 45.6 Å². The average molecular weight is 690 g/mol. The van der Waals surface area contributed by atoms with Gasteiger partial charge < -0.3 is 24.3 Å². The Bertz CT molecular complexity index is 1950. The molecule has 3 amide bonds. The number of anilines is 2. The molecule has 3 aromatic carbocycles. The molecule has 0 radical (unpaired) electrons. The van der Waals surface area contributed by atoms with Crippen molar-refractivity contribution < 1.29 is 38.1 Å². The van der Waals surface area contributed by atoms with Crippen LogP contribution in [0.5, 0.6) is 17.2 Å². The lowest BCUT2D eigenvalue weighted by Crippen LogP contribution is -2.33. The van der Waals surface area contributed by atoms with Crippen molar-refractivity contribution in [2.24, 2.45) is 5.92 Å². The van der Waals surface area contributed by atoms with Crippen LogP contribution in [0.15, 0.2) is 76.6 Å². The molecule has 12 nitrogen and oxygen atoms in total. The first-order valence-corrected chi connectivity index (χ1v) is 16.6. The standard InChI is InChI=1S/C34H31N3O9S2/c1-5-46-33(41)18-6-9-20(10-7-18)35-25(38)17-36-32-29(48-34(36)42)26(19-8-15-23(44-3)24(16-19)45-4)27-28(47-32)31(40)37(30(27)39)21-11-13-22(43-2)14-12-21/h6-16,26-28H,5,17H2,1-4H3,(H,35,38)/t26-,27?,28?/m1/s1. The van der Waals surface area contributed by atoms with Gasteiger partial charge in [-0.05, 0) is 73.2 Å². The summed E-state index contributed by atoms with van der Waals surface area (Å²) in [6, 6.07) is 18.1. The van der Waals surface area contributed by atoms with Crippen LogP contribution in [-0.4, -0.2) is 61.4 Å². The molecule has 248 valence electrons. The van der Waals surface area contributed by atoms with Crippen LogP contribution < -0.4 is 29.3 Å². The van der Waals surface area contributed by atoms with Crippen molar-refractivity contribution in [1.29, 1.82) is 0 Å². The number of methoxy groups -OCH3 is 3. The van der Waals surface area contributed by atoms with E-state index in [1.54, 1.807) is 61.5 Å². The Morgan fingerprint density at radius 3 is 2.21 bits per heavy atom. The predicted molar refractivity (Wildman–Crippen MR) is 180 cm³/mol. The molecule has 0 spiro atoms. The van der Waals surface area contributed by atoms with Gasteiger partial charge in [0.15, 0.2) is 11.5 Å². The number of hydrogen-bond donors (Lipinski definition) is 1. The first kappa shape index (κ1) is 32.8. The number of carbonyl (C=O) groups excluding carboxylic acids is 4. The van der Waals surface area contributed by atoms with Crippen molar-refractivity contribution in [2.75, 3.05) is 38.2 Å². The fourth-order valence-electron chi connectivity index (χ4n) is 5.89. The normalized spacial score (nSPS) is 18.2. The van der Waals surface area contributed by atoms with E-state index in [-0.39, 0.29) is 13.2 Å². The molecule has 2 unspecified atom stereocenters. The molecule has 4 aromatic rings. The molecule has 1 saturated heterocycles. The van der Waals surface area contributed by atoms with Gasteiger partial charge in [0, 0.05) is 16.5 Å². The summed E-state index contributed by atoms with van der Waals surface area (Å²) >= 11 is 2.06. The summed E-state index contributed by atoms with van der Waals surface area (Å²) in [5.41, 5.74) is 1.82. The van der Waals surface area contributed by atoms with E-state index in [1.807, 2.05) is 0 Å². The molecule has 2 aliphatic heterocycles. The molecule has 0 bridgehead atoms. The summed E-state index contributed by atoms with van der Waals surface area (Å²) < 4.78 is 22.6. The van der Waals surface area contributed by atoms with Gasteiger partial charge in [0.1, 0.15) is 17.5 Å². The molecule has 2 aliphatic rings. The minimum Gasteiger partial charge on any atom is -0.497 e. The van der Waals surface area contributed by atoms with Gasteiger partial charge in [0.25, 0.3) is 0 Å². The third kappa shape index (κ3) is 5.92. The zero-order valence-electron chi connectivity index (χ0n) is 26.4. The van der Waals surface area contributed by atoms with Crippen molar-refractivity contribution in [3.05, 3.63) is 92.4 Å². The number of thiazole rings is 1. The molecule has 1 N–H and O–H groups in total. The van der Waals surface area contributed by atoms with E-state index in [0.29, 0.717) is 49.7 Å². The van der Waals surface area contributed by atoms with Gasteiger partial charge in [0.2, 0.25) is 17.7 Å². The lowest BCUT2D eigenvalue weighted by Gasteiger charge is -2.31. The second-order valence-corrected chi connectivity index (χ2v) is 13.0. The Morgan fingerprint density at radius 2 is 1.56 bits per heavy atom. The monoisotopic (exact) mass is 689 g/mol. The van der Waals surface area contributed by atoms with Crippen LogP contribution in [0.2, 0.25) is 0 Å². The predicted octanol–water partition coefficient (Wildman–Crippen LogP) is 4.55. The number of nitrogens with zero attached hydrogens (tertiary/aromatic N) is 2. The number of benzene rings is 3. The lowest BCUT2D eigenvalue weighted by molar-refractivity contribution is -0.122. The number of nitrogens with one attached hydrogen (secondary N) is 1. The minimum atomic E-state index is -0.871. The summed E-state index contributed by atoms with van der Waals surface area (Å²) in [7, 11) is 4.54. The SMILES string of the molecule is CCOC(=O)c1ccc(NC(=O)Cn2c3c(sc2=O)[C@H](c2ccc(OC)c(OC)c2)C2C(=O)N(c4ccc(OC)cc4)C(=O)C2S3)cc1. The van der Waals surface area contributed by atoms with Crippen molar-refractivity contribution in [3.63, 3.8) is 0 Å². The molecule has 1 fully saturated rings. The summed E-state index contributed by atoms with van der Waals surface area (Å²) in [6.07, 6.45) is 0. The van der Waals surface area contributed by atoms with E-state index in [0.717, 1.165) is 23.1 Å². The quantitative estimate of drug-likeness (QED) is 0.186. The van der Waals surface area contributed by atoms with Crippen LogP contribution in [0.1, 0.15) is 33.6 Å². The molecule has 3 heterocycles. The number of thioether (sulfide) groups is 1. The third-order valence-electron chi connectivity index (χ3n) is 8.13. The third-order valence-corrected chi connectivity index (χ3v) is 10.7. The number of rotatable bonds is 10. The van der Waals surface area contributed by atoms with Crippen molar-refractivity contribution in [1.82, 2.24) is 4.57 Å². The second-order valence-electron chi connectivity index (χ2n) is 10.8. The fraction of sp³-hybridized carbons (Fsp3) is 0.265. The maximum Gasteiger partial charge on any atom is 0.338 e. The van der Waals surface area contributed by atoms with Gasteiger partial charge in [-0.25, -0.2) is 9.69 Å². The molecule has 14 heteroatoms. The van der Waals surface area contributed by atoms with E-state index in [1.165, 1.54) is 42.9 Å². The number of hydrogen-bond acceptors (Lipinski definition) is 11. The number of esters is 1. The first-order valence-electron chi connectivity index (χ1n) is 14.9. The van der Waals surface area contributed by atoms with Crippen LogP contribution in [0, 0.1) is 5.92 Å². The number of fused-ring (bicyclic) bond motifs is 2. The topological polar surface area (TPSA) is 142 Å². The lowest BCUT2D eigenvalue weighted by atomic mass is 9.83. The van der Waals surface area contributed by atoms with Gasteiger partial charge >= 0.3 is 10.8 Å². The second kappa shape index (κ2) is 13.6. The average Bonchev–Trinajstić information content (AvgIpc) is 3.54. The number of imide groups is 1. The number of amides is 3. The molecule has 1 aromatic heterocycles. The molecule has 0 saturated carbocycles. The van der Waals surface area contributed by atoms with Crippen LogP contribution >= 0.6 is 23.1 Å². The molecular weight excluding hydrogens is 659 g/mol. The Morgan fingerprint density at radius 1 is 0.854 bits per heavy atom. The van der Waals surface area contributed by atoms with Gasteiger partial charge in [0.05, 0.1) is 50.1 Å². The number of ether oxygens (including phenoxy) is 4. The van der Waals surface area contributed by atoms with Crippen molar-refractivity contribution >= 4 is 58.2 Å². The molecule has 3 atom stereocenters. The molecule has 48 heavy (non-hydrogen) atoms. The Labute approximate surface area is 283 Å². The highest BCUT2D eigenvalue weighted by molar-refractivity contribution is 8.00. The smallest absolute Gasteiger partial charge is 0.338 e. The maximum absolute atomic E-state index is 14.2. The minimum absolute atomic E-state index is 0.239. The van der Waals surface area contributed by atoms with Crippen LogP contribution in [0.3, 0.4) is 0 Å². The van der Waals surface area contributed by atoms with Crippen molar-refractivity contribution in [2.45, 2.75) is 29.7 Å². The zero-order valence-corrected chi connectivity index (χ0v) is 28.0. The van der Waals surface area contributed by atoms with Gasteiger partial charge in [-0.3, -0.25) is 23.7 Å². The van der Waals surface area contributed by atoms with E-state index in [4.69, 9.17) is 18.9 Å². The highest BCUT2D eigenvalue weighted by Crippen LogP contribution is 2.54. The number of carbonyl (C=O) groups is 4. The fourth-order valence-corrected chi connectivity index (χ4v) is 8.67. The van der Waals surface area contributed by atoms with Gasteiger partial charge in [-0.1, -0.05) is 29.2 Å². The Kier molecular flexibility index (Phi) is 9.29. The molecule has 6 rings (SSSR count). The molecular formula is C34H31N3O9S2. The largest absolute Gasteiger partial charge is 0.497 e. The van der Waals surface area contributed by atoms with E-state index in [2.05, 4.69) is 5.32 Å². The number of aromatic nitrogens is 1. The Balaban J connectivity index is 1.36. The van der Waals surface area contributed by atoms with Crippen LogP contribution in [0.25, 0.3) is 0 Å². The highest BCUT2D eigenvalue weighted by Gasteiger charge is 2.57. The first-order chi connectivity index (χ1) is 23.2. The van der Waals surface area contributed by atoms with E-state index >= 15 is 0 Å². The van der Waals surface area contributed by atoms with Gasteiger partial charge in [-0.15, -0.1) is 0 Å². The van der Waals surface area contributed by atoms with Gasteiger partial charge in [-0.2, -0.15) is 0 Å². The summed E-state index contributed by atoms with van der Waals surface area (Å²) in [5.74, 6) is -1.83. The summed E-state index contributed by atoms with van der Waals surface area (Å²) in [6.45, 7) is 1.62. The maximum atomic E-state index is 14.2. The van der Waals surface area contributed by atoms with E-state index in [9.17, 15) is 24.0 Å². The zero-order chi connectivity index (χ0) is 34.1. The highest BCUT2D eigenvalue weighted by atomic mass is 32.2. The summed E-state index contributed by atoms with van der Waals surface area (Å²) in [5, 5.41) is 2.33. The van der Waals surface area contributed by atoms with Crippen LogP contribution in [-0.2, 0) is 25.7 Å².